The summed E-state index contributed by atoms with van der Waals surface area (Å²) in [5, 5.41) is 2.97. The fraction of sp³-hybridized carbons (Fsp3) is 0.294. The first kappa shape index (κ1) is 14.3. The van der Waals surface area contributed by atoms with Gasteiger partial charge in [-0.15, -0.1) is 0 Å². The number of carbonyl (C=O) groups is 1. The van der Waals surface area contributed by atoms with Gasteiger partial charge in [-0.25, -0.2) is 0 Å². The number of hydrogen-bond acceptors (Lipinski definition) is 1. The molecule has 2 aromatic rings. The first-order chi connectivity index (χ1) is 9.60. The predicted molar refractivity (Wildman–Crippen MR) is 80.6 cm³/mol. The van der Waals surface area contributed by atoms with Crippen LogP contribution in [0.3, 0.4) is 0 Å². The summed E-state index contributed by atoms with van der Waals surface area (Å²) in [6.07, 6.45) is 4.90. The van der Waals surface area contributed by atoms with Crippen molar-refractivity contribution in [2.75, 3.05) is 5.32 Å². The first-order valence-corrected chi connectivity index (χ1v) is 6.94. The molecule has 1 N–H and O–H groups in total. The summed E-state index contributed by atoms with van der Waals surface area (Å²) >= 11 is 0. The number of pyridine rings is 1. The van der Waals surface area contributed by atoms with Crippen LogP contribution in [0.1, 0.15) is 23.6 Å². The average Bonchev–Trinajstić information content (AvgIpc) is 2.45. The highest BCUT2D eigenvalue weighted by Crippen LogP contribution is 2.17. The van der Waals surface area contributed by atoms with Crippen molar-refractivity contribution in [2.45, 2.75) is 33.7 Å². The SMILES string of the molecule is CCc1cc[n+](CC(=O)Nc2cccc(C)c2C)cc1. The van der Waals surface area contributed by atoms with Gasteiger partial charge < -0.3 is 5.32 Å². The molecule has 1 amide bonds. The van der Waals surface area contributed by atoms with Gasteiger partial charge >= 0.3 is 0 Å². The number of nitrogens with zero attached hydrogens (tertiary/aromatic N) is 1. The van der Waals surface area contributed by atoms with E-state index in [2.05, 4.69) is 12.2 Å². The van der Waals surface area contributed by atoms with Crippen LogP contribution in [0.4, 0.5) is 5.69 Å². The molecule has 0 bridgehead atoms. The molecule has 0 aliphatic rings. The molecular formula is C17H21N2O+. The molecule has 3 nitrogen and oxygen atoms in total. The molecule has 0 saturated carbocycles. The smallest absolute Gasteiger partial charge is 0.290 e. The fourth-order valence-corrected chi connectivity index (χ4v) is 2.07. The molecule has 3 heteroatoms. The summed E-state index contributed by atoms with van der Waals surface area (Å²) in [7, 11) is 0. The molecule has 1 aromatic carbocycles. The third-order valence-electron chi connectivity index (χ3n) is 3.57. The molecule has 0 aliphatic carbocycles. The number of anilines is 1. The second kappa shape index (κ2) is 6.33. The molecule has 2 rings (SSSR count). The van der Waals surface area contributed by atoms with Gasteiger partial charge in [-0.05, 0) is 43.0 Å². The standard InChI is InChI=1S/C17H20N2O/c1-4-15-8-10-19(11-9-15)12-17(20)18-16-7-5-6-13(2)14(16)3/h5-11H,4,12H2,1-3H3/p+1. The van der Waals surface area contributed by atoms with Crippen LogP contribution in [0.15, 0.2) is 42.7 Å². The van der Waals surface area contributed by atoms with Crippen LogP contribution < -0.4 is 9.88 Å². The zero-order valence-corrected chi connectivity index (χ0v) is 12.3. The maximum Gasteiger partial charge on any atom is 0.290 e. The Morgan fingerprint density at radius 3 is 2.50 bits per heavy atom. The van der Waals surface area contributed by atoms with Crippen molar-refractivity contribution in [2.24, 2.45) is 0 Å². The molecule has 1 heterocycles. The van der Waals surface area contributed by atoms with E-state index in [1.807, 2.05) is 61.1 Å². The number of amides is 1. The summed E-state index contributed by atoms with van der Waals surface area (Å²) in [4.78, 5) is 12.1. The van der Waals surface area contributed by atoms with Gasteiger partial charge in [-0.2, -0.15) is 4.57 Å². The van der Waals surface area contributed by atoms with Crippen LogP contribution in [-0.4, -0.2) is 5.91 Å². The molecule has 0 atom stereocenters. The van der Waals surface area contributed by atoms with E-state index in [4.69, 9.17) is 0 Å². The van der Waals surface area contributed by atoms with Crippen LogP contribution in [0.5, 0.6) is 0 Å². The number of aryl methyl sites for hydroxylation is 2. The summed E-state index contributed by atoms with van der Waals surface area (Å²) in [5.74, 6) is -0.00653. The molecule has 0 unspecified atom stereocenters. The number of rotatable bonds is 4. The first-order valence-electron chi connectivity index (χ1n) is 6.94. The molecule has 1 aromatic heterocycles. The predicted octanol–water partition coefficient (Wildman–Crippen LogP) is 2.79. The summed E-state index contributed by atoms with van der Waals surface area (Å²) < 4.78 is 1.89. The Balaban J connectivity index is 2.03. The highest BCUT2D eigenvalue weighted by atomic mass is 16.1. The van der Waals surface area contributed by atoms with Gasteiger partial charge in [-0.3, -0.25) is 4.79 Å². The summed E-state index contributed by atoms with van der Waals surface area (Å²) in [5.41, 5.74) is 4.46. The third-order valence-corrected chi connectivity index (χ3v) is 3.57. The molecule has 0 radical (unpaired) electrons. The zero-order valence-electron chi connectivity index (χ0n) is 12.3. The Morgan fingerprint density at radius 1 is 1.15 bits per heavy atom. The lowest BCUT2D eigenvalue weighted by molar-refractivity contribution is -0.684. The largest absolute Gasteiger partial charge is 0.320 e. The van der Waals surface area contributed by atoms with E-state index >= 15 is 0 Å². The Bertz CT molecular complexity index is 603. The van der Waals surface area contributed by atoms with Crippen molar-refractivity contribution >= 4 is 11.6 Å². The lowest BCUT2D eigenvalue weighted by Crippen LogP contribution is -2.39. The van der Waals surface area contributed by atoms with Crippen molar-refractivity contribution < 1.29 is 9.36 Å². The third kappa shape index (κ3) is 3.44. The summed E-state index contributed by atoms with van der Waals surface area (Å²) in [6, 6.07) is 10.0. The van der Waals surface area contributed by atoms with Crippen molar-refractivity contribution in [1.82, 2.24) is 0 Å². The second-order valence-corrected chi connectivity index (χ2v) is 5.03. The van der Waals surface area contributed by atoms with E-state index in [0.717, 1.165) is 17.7 Å². The van der Waals surface area contributed by atoms with Crippen molar-refractivity contribution in [3.8, 4) is 0 Å². The monoisotopic (exact) mass is 269 g/mol. The number of carbonyl (C=O) groups excluding carboxylic acids is 1. The minimum absolute atomic E-state index is 0.00653. The molecule has 20 heavy (non-hydrogen) atoms. The summed E-state index contributed by atoms with van der Waals surface area (Å²) in [6.45, 7) is 6.52. The van der Waals surface area contributed by atoms with Crippen molar-refractivity contribution in [3.63, 3.8) is 0 Å². The normalized spacial score (nSPS) is 10.3. The van der Waals surface area contributed by atoms with Gasteiger partial charge in [0.25, 0.3) is 5.91 Å². The van der Waals surface area contributed by atoms with Crippen LogP contribution in [-0.2, 0) is 17.8 Å². The topological polar surface area (TPSA) is 33.0 Å². The molecule has 0 aliphatic heterocycles. The Labute approximate surface area is 120 Å². The van der Waals surface area contributed by atoms with Crippen molar-refractivity contribution in [1.29, 1.82) is 0 Å². The van der Waals surface area contributed by atoms with E-state index in [1.54, 1.807) is 0 Å². The molecule has 0 spiro atoms. The highest BCUT2D eigenvalue weighted by Gasteiger charge is 2.11. The van der Waals surface area contributed by atoms with Gasteiger partial charge in [-0.1, -0.05) is 19.1 Å². The second-order valence-electron chi connectivity index (χ2n) is 5.03. The van der Waals surface area contributed by atoms with E-state index in [0.29, 0.717) is 6.54 Å². The molecule has 104 valence electrons. The Morgan fingerprint density at radius 2 is 1.85 bits per heavy atom. The lowest BCUT2D eigenvalue weighted by atomic mass is 10.1. The van der Waals surface area contributed by atoms with E-state index < -0.39 is 0 Å². The van der Waals surface area contributed by atoms with Gasteiger partial charge in [0, 0.05) is 17.8 Å². The van der Waals surface area contributed by atoms with Gasteiger partial charge in [0.15, 0.2) is 12.4 Å². The maximum absolute atomic E-state index is 12.1. The van der Waals surface area contributed by atoms with Gasteiger partial charge in [0.05, 0.1) is 0 Å². The fourth-order valence-electron chi connectivity index (χ4n) is 2.07. The molecule has 0 fully saturated rings. The highest BCUT2D eigenvalue weighted by molar-refractivity contribution is 5.90. The van der Waals surface area contributed by atoms with Crippen molar-refractivity contribution in [3.05, 3.63) is 59.4 Å². The quantitative estimate of drug-likeness (QED) is 0.851. The number of benzene rings is 1. The lowest BCUT2D eigenvalue weighted by Gasteiger charge is -2.09. The average molecular weight is 269 g/mol. The minimum atomic E-state index is -0.00653. The number of hydrogen-bond donors (Lipinski definition) is 1. The zero-order chi connectivity index (χ0) is 14.5. The van der Waals surface area contributed by atoms with Crippen LogP contribution >= 0.6 is 0 Å². The maximum atomic E-state index is 12.1. The number of aromatic nitrogens is 1. The molecular weight excluding hydrogens is 248 g/mol. The van der Waals surface area contributed by atoms with Crippen LogP contribution in [0.25, 0.3) is 0 Å². The van der Waals surface area contributed by atoms with Gasteiger partial charge in [0.2, 0.25) is 6.54 Å². The Hall–Kier alpha value is -2.16. The van der Waals surface area contributed by atoms with Crippen LogP contribution in [0.2, 0.25) is 0 Å². The van der Waals surface area contributed by atoms with Crippen LogP contribution in [0, 0.1) is 13.8 Å². The Kier molecular flexibility index (Phi) is 4.51. The number of nitrogens with one attached hydrogen (secondary N) is 1. The molecule has 0 saturated heterocycles. The van der Waals surface area contributed by atoms with E-state index in [1.165, 1.54) is 11.1 Å². The minimum Gasteiger partial charge on any atom is -0.320 e. The van der Waals surface area contributed by atoms with E-state index in [-0.39, 0.29) is 5.91 Å². The van der Waals surface area contributed by atoms with Gasteiger partial charge in [0.1, 0.15) is 0 Å². The van der Waals surface area contributed by atoms with E-state index in [9.17, 15) is 4.79 Å².